The van der Waals surface area contributed by atoms with Gasteiger partial charge in [-0.3, -0.25) is 9.97 Å². The Kier molecular flexibility index (Phi) is 10.4. The Hall–Kier alpha value is -4.03. The molecule has 5 aromatic rings. The van der Waals surface area contributed by atoms with E-state index in [0.717, 1.165) is 46.3 Å². The van der Waals surface area contributed by atoms with Gasteiger partial charge >= 0.3 is 0 Å². The second-order valence-corrected chi connectivity index (χ2v) is 13.8. The molecule has 47 heavy (non-hydrogen) atoms. The quantitative estimate of drug-likeness (QED) is 0.180. The summed E-state index contributed by atoms with van der Waals surface area (Å²) < 4.78 is 42.4. The molecule has 0 amide bonds. The van der Waals surface area contributed by atoms with Crippen molar-refractivity contribution in [2.24, 2.45) is 5.92 Å². The maximum absolute atomic E-state index is 13.2. The molecule has 6 rings (SSSR count). The Labute approximate surface area is 276 Å². The number of aliphatic hydroxyl groups is 1. The van der Waals surface area contributed by atoms with Crippen LogP contribution in [0.2, 0.25) is 0 Å². The Bertz CT molecular complexity index is 1870. The summed E-state index contributed by atoms with van der Waals surface area (Å²) in [6, 6.07) is 30.2. The summed E-state index contributed by atoms with van der Waals surface area (Å²) in [6.45, 7) is 3.81. The summed E-state index contributed by atoms with van der Waals surface area (Å²) in [5, 5.41) is 10.3. The van der Waals surface area contributed by atoms with E-state index in [1.54, 1.807) is 24.4 Å². The van der Waals surface area contributed by atoms with Crippen molar-refractivity contribution < 1.29 is 23.0 Å². The molecule has 4 atom stereocenters. The number of fused-ring (bicyclic) bond motifs is 1. The number of likely N-dealkylation sites (N-methyl/N-ethyl adjacent to an activating group) is 1. The maximum atomic E-state index is 13.2. The van der Waals surface area contributed by atoms with Crippen molar-refractivity contribution in [1.82, 2.24) is 19.6 Å². The maximum Gasteiger partial charge on any atom is 0.243 e. The number of hydrogen-bond acceptors (Lipinski definition) is 8. The number of nitrogens with one attached hydrogen (secondary N) is 1. The smallest absolute Gasteiger partial charge is 0.243 e. The molecule has 0 saturated carbocycles. The average molecular weight is 653 g/mol. The summed E-state index contributed by atoms with van der Waals surface area (Å²) in [6.07, 6.45) is 3.29. The van der Waals surface area contributed by atoms with Gasteiger partial charge in [-0.25, -0.2) is 13.1 Å². The molecule has 10 heteroatoms. The minimum atomic E-state index is -3.79. The molecular formula is C37H40N4O5S. The summed E-state index contributed by atoms with van der Waals surface area (Å²) in [5.41, 5.74) is 5.01. The van der Waals surface area contributed by atoms with E-state index in [4.69, 9.17) is 9.47 Å². The lowest BCUT2D eigenvalue weighted by atomic mass is 9.90. The lowest BCUT2D eigenvalue weighted by Gasteiger charge is -2.42. The lowest BCUT2D eigenvalue weighted by molar-refractivity contribution is -0.275. The molecule has 2 N–H and O–H groups in total. The fraction of sp³-hybridized carbons (Fsp3) is 0.297. The highest BCUT2D eigenvalue weighted by molar-refractivity contribution is 7.89. The van der Waals surface area contributed by atoms with Crippen molar-refractivity contribution in [3.8, 4) is 0 Å². The molecule has 3 aromatic carbocycles. The van der Waals surface area contributed by atoms with Gasteiger partial charge < -0.3 is 19.5 Å². The first kappa shape index (κ1) is 32.9. The number of aromatic nitrogens is 2. The Morgan fingerprint density at radius 3 is 2.30 bits per heavy atom. The molecule has 1 aliphatic heterocycles. The van der Waals surface area contributed by atoms with E-state index in [2.05, 4.69) is 33.6 Å². The average Bonchev–Trinajstić information content (AvgIpc) is 3.11. The number of nitrogens with zero attached hydrogens (tertiary/aromatic N) is 3. The fourth-order valence-corrected chi connectivity index (χ4v) is 7.11. The number of benzene rings is 3. The van der Waals surface area contributed by atoms with Crippen molar-refractivity contribution in [3.63, 3.8) is 0 Å². The second-order valence-electron chi connectivity index (χ2n) is 12.1. The van der Waals surface area contributed by atoms with Crippen LogP contribution in [-0.4, -0.2) is 54.6 Å². The highest BCUT2D eigenvalue weighted by Gasteiger charge is 2.38. The van der Waals surface area contributed by atoms with Crippen LogP contribution in [-0.2, 0) is 39.1 Å². The minimum Gasteiger partial charge on any atom is -0.392 e. The lowest BCUT2D eigenvalue weighted by Crippen LogP contribution is -2.43. The summed E-state index contributed by atoms with van der Waals surface area (Å²) in [5.74, 6) is 0.0563. The van der Waals surface area contributed by atoms with Crippen LogP contribution >= 0.6 is 0 Å². The van der Waals surface area contributed by atoms with Gasteiger partial charge in [-0.05, 0) is 48.0 Å². The standard InChI is InChI=1S/C37H40N4O5S/c1-26-33(24-41(2)22-19-32-9-3-4-20-38-32)45-37(46-36(26)30-15-13-28(25-42)14-16-30)31-17-11-27(12-18-31)23-40-47(43,44)34-10-5-7-29-8-6-21-39-35(29)34/h3-18,20-21,26,33,36-37,40,42H,19,22-25H2,1-2H3. The fourth-order valence-electron chi connectivity index (χ4n) is 5.92. The van der Waals surface area contributed by atoms with Crippen molar-refractivity contribution in [3.05, 3.63) is 137 Å². The Morgan fingerprint density at radius 1 is 0.830 bits per heavy atom. The summed E-state index contributed by atoms with van der Waals surface area (Å²) in [7, 11) is -1.70. The Balaban J connectivity index is 1.16. The zero-order valence-corrected chi connectivity index (χ0v) is 27.4. The third kappa shape index (κ3) is 7.93. The molecule has 1 saturated heterocycles. The molecule has 2 aromatic heterocycles. The highest BCUT2D eigenvalue weighted by atomic mass is 32.2. The van der Waals surface area contributed by atoms with E-state index in [1.807, 2.05) is 85.1 Å². The van der Waals surface area contributed by atoms with Crippen molar-refractivity contribution in [2.45, 2.75) is 49.9 Å². The molecule has 3 heterocycles. The number of para-hydroxylation sites is 1. The van der Waals surface area contributed by atoms with Crippen LogP contribution in [0.5, 0.6) is 0 Å². The molecule has 9 nitrogen and oxygen atoms in total. The zero-order chi connectivity index (χ0) is 32.8. The molecule has 1 fully saturated rings. The number of hydrogen-bond donors (Lipinski definition) is 2. The molecule has 244 valence electrons. The predicted molar refractivity (Wildman–Crippen MR) is 181 cm³/mol. The molecular weight excluding hydrogens is 612 g/mol. The van der Waals surface area contributed by atoms with E-state index >= 15 is 0 Å². The van der Waals surface area contributed by atoms with E-state index in [9.17, 15) is 13.5 Å². The normalized spacial score (nSPS) is 20.1. The molecule has 0 radical (unpaired) electrons. The molecule has 0 bridgehead atoms. The topological polar surface area (TPSA) is 114 Å². The van der Waals surface area contributed by atoms with E-state index < -0.39 is 16.3 Å². The van der Waals surface area contributed by atoms with Crippen molar-refractivity contribution in [1.29, 1.82) is 0 Å². The Morgan fingerprint density at radius 2 is 1.55 bits per heavy atom. The van der Waals surface area contributed by atoms with Crippen molar-refractivity contribution in [2.75, 3.05) is 20.1 Å². The van der Waals surface area contributed by atoms with Gasteiger partial charge in [0.2, 0.25) is 10.0 Å². The molecule has 4 unspecified atom stereocenters. The molecule has 0 aliphatic carbocycles. The van der Waals surface area contributed by atoms with E-state index in [-0.39, 0.29) is 36.2 Å². The minimum absolute atomic E-state index is 0.0158. The van der Waals surface area contributed by atoms with Crippen molar-refractivity contribution >= 4 is 20.9 Å². The van der Waals surface area contributed by atoms with Crippen LogP contribution in [0, 0.1) is 5.92 Å². The van der Waals surface area contributed by atoms with Gasteiger partial charge in [0, 0.05) is 61.0 Å². The molecule has 0 spiro atoms. The van der Waals surface area contributed by atoms with Crippen LogP contribution in [0.4, 0.5) is 0 Å². The number of rotatable bonds is 12. The van der Waals surface area contributed by atoms with Crippen LogP contribution in [0.25, 0.3) is 10.9 Å². The van der Waals surface area contributed by atoms with Gasteiger partial charge in [-0.1, -0.05) is 79.7 Å². The van der Waals surface area contributed by atoms with Crippen LogP contribution in [0.1, 0.15) is 47.3 Å². The van der Waals surface area contributed by atoms with E-state index in [1.165, 1.54) is 0 Å². The molecule has 1 aliphatic rings. The number of pyridine rings is 2. The van der Waals surface area contributed by atoms with Crippen LogP contribution in [0.15, 0.2) is 114 Å². The second kappa shape index (κ2) is 14.8. The summed E-state index contributed by atoms with van der Waals surface area (Å²) in [4.78, 5) is 11.2. The van der Waals surface area contributed by atoms with Gasteiger partial charge in [-0.15, -0.1) is 0 Å². The van der Waals surface area contributed by atoms with Crippen LogP contribution in [0.3, 0.4) is 0 Å². The third-order valence-electron chi connectivity index (χ3n) is 8.69. The third-order valence-corrected chi connectivity index (χ3v) is 10.1. The first-order valence-electron chi connectivity index (χ1n) is 15.8. The number of sulfonamides is 1. The highest BCUT2D eigenvalue weighted by Crippen LogP contribution is 2.41. The number of aliphatic hydroxyl groups excluding tert-OH is 1. The monoisotopic (exact) mass is 652 g/mol. The van der Waals surface area contributed by atoms with Gasteiger partial charge in [0.25, 0.3) is 0 Å². The first-order chi connectivity index (χ1) is 22.8. The largest absolute Gasteiger partial charge is 0.392 e. The summed E-state index contributed by atoms with van der Waals surface area (Å²) >= 11 is 0. The predicted octanol–water partition coefficient (Wildman–Crippen LogP) is 5.57. The van der Waals surface area contributed by atoms with Gasteiger partial charge in [0.05, 0.1) is 24.3 Å². The van der Waals surface area contributed by atoms with Gasteiger partial charge in [0.15, 0.2) is 6.29 Å². The van der Waals surface area contributed by atoms with Gasteiger partial charge in [-0.2, -0.15) is 0 Å². The van der Waals surface area contributed by atoms with E-state index in [0.29, 0.717) is 12.1 Å². The van der Waals surface area contributed by atoms with Gasteiger partial charge in [0.1, 0.15) is 4.90 Å². The first-order valence-corrected chi connectivity index (χ1v) is 17.3. The zero-order valence-electron chi connectivity index (χ0n) is 26.6. The van der Waals surface area contributed by atoms with Crippen LogP contribution < -0.4 is 4.72 Å². The number of ether oxygens (including phenoxy) is 2. The SMILES string of the molecule is CC1C(CN(C)CCc2ccccn2)OC(c2ccc(CNS(=O)(=O)c3cccc4cccnc34)cc2)OC1c1ccc(CO)cc1.